The molecule has 32 heavy (non-hydrogen) atoms. The van der Waals surface area contributed by atoms with E-state index in [1.807, 2.05) is 24.3 Å². The zero-order valence-corrected chi connectivity index (χ0v) is 17.7. The molecule has 1 fully saturated rings. The second kappa shape index (κ2) is 8.60. The Morgan fingerprint density at radius 2 is 1.78 bits per heavy atom. The Hall–Kier alpha value is -3.43. The number of nitrogens with zero attached hydrogens (tertiary/aromatic N) is 4. The van der Waals surface area contributed by atoms with Crippen molar-refractivity contribution in [3.8, 4) is 5.75 Å². The number of furan rings is 1. The summed E-state index contributed by atoms with van der Waals surface area (Å²) in [5.74, 6) is 1.08. The van der Waals surface area contributed by atoms with Crippen molar-refractivity contribution in [1.82, 2.24) is 14.7 Å². The molecule has 0 radical (unpaired) electrons. The van der Waals surface area contributed by atoms with Gasteiger partial charge in [0.25, 0.3) is 5.91 Å². The third-order valence-electron chi connectivity index (χ3n) is 5.45. The Balaban J connectivity index is 1.36. The van der Waals surface area contributed by atoms with Crippen LogP contribution in [-0.4, -0.2) is 53.9 Å². The van der Waals surface area contributed by atoms with Gasteiger partial charge in [-0.1, -0.05) is 0 Å². The predicted molar refractivity (Wildman–Crippen MR) is 111 cm³/mol. The summed E-state index contributed by atoms with van der Waals surface area (Å²) < 4.78 is 50.6. The van der Waals surface area contributed by atoms with Gasteiger partial charge in [-0.2, -0.15) is 18.3 Å². The van der Waals surface area contributed by atoms with Crippen LogP contribution in [0.5, 0.6) is 5.75 Å². The summed E-state index contributed by atoms with van der Waals surface area (Å²) in [5.41, 5.74) is 0.467. The number of anilines is 1. The van der Waals surface area contributed by atoms with Crippen molar-refractivity contribution in [3.05, 3.63) is 65.4 Å². The Bertz CT molecular complexity index is 1080. The van der Waals surface area contributed by atoms with Gasteiger partial charge in [0, 0.05) is 37.6 Å². The standard InChI is InChI=1S/C22H23F3N4O3/c1-15-13-20(22(23,24)25)26-29(15)14-18-7-8-19(32-18)21(30)28-11-9-27(10-12-28)16-3-5-17(31-2)6-4-16/h3-8,13H,9-12,14H2,1-2H3. The lowest BCUT2D eigenvalue weighted by Gasteiger charge is -2.35. The molecule has 0 atom stereocenters. The lowest BCUT2D eigenvalue weighted by Crippen LogP contribution is -2.48. The van der Waals surface area contributed by atoms with Crippen LogP contribution in [0.2, 0.25) is 0 Å². The molecule has 0 aliphatic carbocycles. The number of amides is 1. The van der Waals surface area contributed by atoms with E-state index in [9.17, 15) is 18.0 Å². The highest BCUT2D eigenvalue weighted by Crippen LogP contribution is 2.29. The third-order valence-corrected chi connectivity index (χ3v) is 5.45. The third kappa shape index (κ3) is 4.58. The van der Waals surface area contributed by atoms with E-state index in [4.69, 9.17) is 9.15 Å². The molecule has 7 nitrogen and oxygen atoms in total. The van der Waals surface area contributed by atoms with E-state index in [1.54, 1.807) is 31.1 Å². The van der Waals surface area contributed by atoms with Gasteiger partial charge < -0.3 is 19.0 Å². The van der Waals surface area contributed by atoms with Crippen LogP contribution >= 0.6 is 0 Å². The first kappa shape index (κ1) is 21.8. The number of ether oxygens (including phenoxy) is 1. The van der Waals surface area contributed by atoms with Gasteiger partial charge in [-0.05, 0) is 49.4 Å². The van der Waals surface area contributed by atoms with Gasteiger partial charge in [-0.25, -0.2) is 0 Å². The summed E-state index contributed by atoms with van der Waals surface area (Å²) in [4.78, 5) is 16.7. The molecule has 3 heterocycles. The van der Waals surface area contributed by atoms with Crippen molar-refractivity contribution < 1.29 is 27.1 Å². The highest BCUT2D eigenvalue weighted by Gasteiger charge is 2.34. The number of benzene rings is 1. The molecule has 1 aliphatic rings. The molecule has 3 aromatic rings. The molecule has 2 aromatic heterocycles. The molecule has 1 aliphatic heterocycles. The summed E-state index contributed by atoms with van der Waals surface area (Å²) >= 11 is 0. The van der Waals surface area contributed by atoms with Crippen molar-refractivity contribution >= 4 is 11.6 Å². The van der Waals surface area contributed by atoms with E-state index in [0.717, 1.165) is 17.5 Å². The summed E-state index contributed by atoms with van der Waals surface area (Å²) in [7, 11) is 1.62. The van der Waals surface area contributed by atoms with Gasteiger partial charge in [-0.3, -0.25) is 9.48 Å². The summed E-state index contributed by atoms with van der Waals surface area (Å²) in [6.07, 6.45) is -4.51. The molecule has 0 spiro atoms. The maximum atomic E-state index is 12.8. The van der Waals surface area contributed by atoms with Crippen LogP contribution in [0.15, 0.2) is 46.9 Å². The van der Waals surface area contributed by atoms with Crippen LogP contribution in [0.4, 0.5) is 18.9 Å². The van der Waals surface area contributed by atoms with E-state index < -0.39 is 11.9 Å². The molecule has 170 valence electrons. The van der Waals surface area contributed by atoms with Crippen molar-refractivity contribution in [2.24, 2.45) is 0 Å². The van der Waals surface area contributed by atoms with Crippen LogP contribution < -0.4 is 9.64 Å². The fourth-order valence-corrected chi connectivity index (χ4v) is 3.65. The average molecular weight is 448 g/mol. The lowest BCUT2D eigenvalue weighted by molar-refractivity contribution is -0.141. The lowest BCUT2D eigenvalue weighted by atomic mass is 10.2. The highest BCUT2D eigenvalue weighted by atomic mass is 19.4. The van der Waals surface area contributed by atoms with Crippen LogP contribution in [0.25, 0.3) is 0 Å². The molecule has 10 heteroatoms. The monoisotopic (exact) mass is 448 g/mol. The average Bonchev–Trinajstić information content (AvgIpc) is 3.40. The SMILES string of the molecule is COc1ccc(N2CCN(C(=O)c3ccc(Cn4nc(C(F)(F)F)cc4C)o3)CC2)cc1. The molecule has 0 N–H and O–H groups in total. The number of methoxy groups -OCH3 is 1. The number of alkyl halides is 3. The predicted octanol–water partition coefficient (Wildman–Crippen LogP) is 3.82. The Labute approximate surface area is 183 Å². The maximum Gasteiger partial charge on any atom is 0.435 e. The summed E-state index contributed by atoms with van der Waals surface area (Å²) in [6, 6.07) is 11.9. The normalized spacial score (nSPS) is 14.7. The molecule has 0 unspecified atom stereocenters. The van der Waals surface area contributed by atoms with E-state index in [1.165, 1.54) is 4.68 Å². The van der Waals surface area contributed by atoms with Crippen molar-refractivity contribution in [2.75, 3.05) is 38.2 Å². The van der Waals surface area contributed by atoms with Gasteiger partial charge in [0.05, 0.1) is 13.7 Å². The first-order chi connectivity index (χ1) is 15.2. The largest absolute Gasteiger partial charge is 0.497 e. The fourth-order valence-electron chi connectivity index (χ4n) is 3.65. The Morgan fingerprint density at radius 3 is 2.38 bits per heavy atom. The number of hydrogen-bond donors (Lipinski definition) is 0. The number of carbonyl (C=O) groups excluding carboxylic acids is 1. The number of hydrogen-bond acceptors (Lipinski definition) is 5. The topological polar surface area (TPSA) is 63.7 Å². The molecule has 0 saturated carbocycles. The smallest absolute Gasteiger partial charge is 0.435 e. The first-order valence-corrected chi connectivity index (χ1v) is 10.1. The van der Waals surface area contributed by atoms with Gasteiger partial charge in [-0.15, -0.1) is 0 Å². The van der Waals surface area contributed by atoms with Gasteiger partial charge in [0.15, 0.2) is 11.5 Å². The van der Waals surface area contributed by atoms with Crippen molar-refractivity contribution in [2.45, 2.75) is 19.6 Å². The molecule has 4 rings (SSSR count). The highest BCUT2D eigenvalue weighted by molar-refractivity contribution is 5.91. The van der Waals surface area contributed by atoms with E-state index in [2.05, 4.69) is 10.00 Å². The first-order valence-electron chi connectivity index (χ1n) is 10.1. The molecule has 1 amide bonds. The van der Waals surface area contributed by atoms with E-state index in [0.29, 0.717) is 37.6 Å². The van der Waals surface area contributed by atoms with Gasteiger partial charge in [0.1, 0.15) is 11.5 Å². The zero-order chi connectivity index (χ0) is 22.9. The second-order valence-corrected chi connectivity index (χ2v) is 7.57. The maximum absolute atomic E-state index is 12.8. The molecular formula is C22H23F3N4O3. The summed E-state index contributed by atoms with van der Waals surface area (Å²) in [5, 5.41) is 3.59. The number of aromatic nitrogens is 2. The van der Waals surface area contributed by atoms with Crippen LogP contribution in [0.1, 0.15) is 27.7 Å². The fraction of sp³-hybridized carbons (Fsp3) is 0.364. The van der Waals surface area contributed by atoms with E-state index in [-0.39, 0.29) is 18.2 Å². The van der Waals surface area contributed by atoms with E-state index >= 15 is 0 Å². The number of halogens is 3. The van der Waals surface area contributed by atoms with Gasteiger partial charge in [0.2, 0.25) is 0 Å². The van der Waals surface area contributed by atoms with Crippen molar-refractivity contribution in [3.63, 3.8) is 0 Å². The number of piperazine rings is 1. The van der Waals surface area contributed by atoms with Crippen LogP contribution in [0, 0.1) is 6.92 Å². The minimum Gasteiger partial charge on any atom is -0.497 e. The van der Waals surface area contributed by atoms with Crippen molar-refractivity contribution in [1.29, 1.82) is 0 Å². The number of carbonyl (C=O) groups is 1. The zero-order valence-electron chi connectivity index (χ0n) is 17.7. The number of rotatable bonds is 5. The second-order valence-electron chi connectivity index (χ2n) is 7.57. The molecule has 0 bridgehead atoms. The Morgan fingerprint density at radius 1 is 1.09 bits per heavy atom. The minimum atomic E-state index is -4.51. The molecular weight excluding hydrogens is 425 g/mol. The summed E-state index contributed by atoms with van der Waals surface area (Å²) in [6.45, 7) is 3.98. The van der Waals surface area contributed by atoms with Crippen LogP contribution in [-0.2, 0) is 12.7 Å². The quantitative estimate of drug-likeness (QED) is 0.594. The number of aryl methyl sites for hydroxylation is 1. The molecule has 1 aromatic carbocycles. The Kier molecular flexibility index (Phi) is 5.86. The minimum absolute atomic E-state index is 0.0143. The van der Waals surface area contributed by atoms with Gasteiger partial charge >= 0.3 is 6.18 Å². The molecule has 1 saturated heterocycles. The van der Waals surface area contributed by atoms with Crippen LogP contribution in [0.3, 0.4) is 0 Å².